The molecular weight excluding hydrogens is 286 g/mol. The lowest BCUT2D eigenvalue weighted by Gasteiger charge is -2.27. The maximum Gasteiger partial charge on any atom is 0.250 e. The number of thioether (sulfide) groups is 1. The normalized spacial score (nSPS) is 18.2. The summed E-state index contributed by atoms with van der Waals surface area (Å²) < 4.78 is 31.8. The molecule has 0 spiro atoms. The fourth-order valence-corrected chi connectivity index (χ4v) is 2.98. The number of amides is 1. The summed E-state index contributed by atoms with van der Waals surface area (Å²) in [6.45, 7) is 0.754. The van der Waals surface area contributed by atoms with Gasteiger partial charge in [0.1, 0.15) is 11.6 Å². The van der Waals surface area contributed by atoms with E-state index in [1.54, 1.807) is 10.3 Å². The SMILES string of the molecule is COCCN1C(c2ccc(F)cc2F)=CSC1C(N)=O. The second-order valence-corrected chi connectivity index (χ2v) is 5.16. The summed E-state index contributed by atoms with van der Waals surface area (Å²) in [5.74, 6) is -1.84. The van der Waals surface area contributed by atoms with Crippen LogP contribution in [-0.4, -0.2) is 36.4 Å². The Kier molecular flexibility index (Phi) is 4.61. The minimum Gasteiger partial charge on any atom is -0.383 e. The van der Waals surface area contributed by atoms with Crippen LogP contribution < -0.4 is 5.73 Å². The Labute approximate surface area is 119 Å². The van der Waals surface area contributed by atoms with Crippen LogP contribution in [0.4, 0.5) is 8.78 Å². The first-order chi connectivity index (χ1) is 9.54. The molecule has 2 rings (SSSR count). The van der Waals surface area contributed by atoms with Crippen LogP contribution in [-0.2, 0) is 9.53 Å². The topological polar surface area (TPSA) is 55.6 Å². The van der Waals surface area contributed by atoms with E-state index in [1.807, 2.05) is 0 Å². The van der Waals surface area contributed by atoms with Crippen molar-refractivity contribution in [2.75, 3.05) is 20.3 Å². The van der Waals surface area contributed by atoms with Gasteiger partial charge in [-0.25, -0.2) is 8.78 Å². The Morgan fingerprint density at radius 2 is 2.25 bits per heavy atom. The lowest BCUT2D eigenvalue weighted by atomic mass is 10.1. The predicted molar refractivity (Wildman–Crippen MR) is 73.5 cm³/mol. The van der Waals surface area contributed by atoms with E-state index in [4.69, 9.17) is 10.5 Å². The van der Waals surface area contributed by atoms with E-state index in [9.17, 15) is 13.6 Å². The number of carbonyl (C=O) groups excluding carboxylic acids is 1. The van der Waals surface area contributed by atoms with Crippen molar-refractivity contribution in [3.8, 4) is 0 Å². The standard InChI is InChI=1S/C13H14F2N2O2S/c1-19-5-4-17-11(7-20-13(17)12(16)18)9-3-2-8(14)6-10(9)15/h2-3,6-7,13H,4-5H2,1H3,(H2,16,18). The highest BCUT2D eigenvalue weighted by Crippen LogP contribution is 2.37. The summed E-state index contributed by atoms with van der Waals surface area (Å²) in [6.07, 6.45) is 0. The Bertz CT molecular complexity index is 551. The first kappa shape index (κ1) is 14.8. The first-order valence-corrected chi connectivity index (χ1v) is 6.85. The van der Waals surface area contributed by atoms with Crippen molar-refractivity contribution >= 4 is 23.4 Å². The molecule has 0 aliphatic carbocycles. The van der Waals surface area contributed by atoms with Crippen molar-refractivity contribution in [1.29, 1.82) is 0 Å². The van der Waals surface area contributed by atoms with E-state index in [-0.39, 0.29) is 5.56 Å². The average Bonchev–Trinajstić information content (AvgIpc) is 2.80. The quantitative estimate of drug-likeness (QED) is 0.900. The van der Waals surface area contributed by atoms with E-state index >= 15 is 0 Å². The molecule has 1 atom stereocenters. The number of primary amides is 1. The number of hydrogen-bond acceptors (Lipinski definition) is 4. The second kappa shape index (κ2) is 6.23. The summed E-state index contributed by atoms with van der Waals surface area (Å²) in [4.78, 5) is 13.1. The van der Waals surface area contributed by atoms with Gasteiger partial charge in [-0.1, -0.05) is 11.8 Å². The molecule has 0 radical (unpaired) electrons. The molecule has 0 fully saturated rings. The number of halogens is 2. The van der Waals surface area contributed by atoms with Crippen molar-refractivity contribution in [1.82, 2.24) is 4.90 Å². The van der Waals surface area contributed by atoms with Crippen molar-refractivity contribution in [3.05, 3.63) is 40.8 Å². The van der Waals surface area contributed by atoms with Gasteiger partial charge in [-0.15, -0.1) is 0 Å². The summed E-state index contributed by atoms with van der Waals surface area (Å²) >= 11 is 1.20. The maximum absolute atomic E-state index is 13.9. The Morgan fingerprint density at radius 3 is 2.85 bits per heavy atom. The monoisotopic (exact) mass is 300 g/mol. The molecule has 2 N–H and O–H groups in total. The Hall–Kier alpha value is -1.60. The molecule has 20 heavy (non-hydrogen) atoms. The molecule has 1 aromatic rings. The third-order valence-electron chi connectivity index (χ3n) is 2.89. The highest BCUT2D eigenvalue weighted by Gasteiger charge is 2.32. The van der Waals surface area contributed by atoms with Crippen LogP contribution in [0.1, 0.15) is 5.56 Å². The molecule has 1 unspecified atom stereocenters. The maximum atomic E-state index is 13.9. The van der Waals surface area contributed by atoms with Crippen LogP contribution in [0.15, 0.2) is 23.6 Å². The van der Waals surface area contributed by atoms with Gasteiger partial charge in [0, 0.05) is 25.3 Å². The molecule has 108 valence electrons. The third-order valence-corrected chi connectivity index (χ3v) is 3.99. The fraction of sp³-hybridized carbons (Fsp3) is 0.308. The molecule has 1 heterocycles. The number of carbonyl (C=O) groups is 1. The number of ether oxygens (including phenoxy) is 1. The number of nitrogens with two attached hydrogens (primary N) is 1. The summed E-state index contributed by atoms with van der Waals surface area (Å²) in [6, 6.07) is 3.34. The molecule has 1 amide bonds. The van der Waals surface area contributed by atoms with Gasteiger partial charge in [0.2, 0.25) is 0 Å². The van der Waals surface area contributed by atoms with Gasteiger partial charge >= 0.3 is 0 Å². The van der Waals surface area contributed by atoms with E-state index < -0.39 is 22.9 Å². The lowest BCUT2D eigenvalue weighted by molar-refractivity contribution is -0.119. The molecule has 0 bridgehead atoms. The van der Waals surface area contributed by atoms with Crippen LogP contribution in [0, 0.1) is 11.6 Å². The van der Waals surface area contributed by atoms with Gasteiger partial charge in [-0.05, 0) is 17.5 Å². The summed E-state index contributed by atoms with van der Waals surface area (Å²) in [7, 11) is 1.53. The predicted octanol–water partition coefficient (Wildman–Crippen LogP) is 1.77. The van der Waals surface area contributed by atoms with Crippen molar-refractivity contribution in [3.63, 3.8) is 0 Å². The fourth-order valence-electron chi connectivity index (χ4n) is 1.96. The molecule has 1 aromatic carbocycles. The van der Waals surface area contributed by atoms with Gasteiger partial charge in [0.05, 0.1) is 12.3 Å². The summed E-state index contributed by atoms with van der Waals surface area (Å²) in [5.41, 5.74) is 6.08. The van der Waals surface area contributed by atoms with E-state index in [2.05, 4.69) is 0 Å². The van der Waals surface area contributed by atoms with Gasteiger partial charge in [0.25, 0.3) is 5.91 Å². The molecule has 4 nitrogen and oxygen atoms in total. The lowest BCUT2D eigenvalue weighted by Crippen LogP contribution is -2.40. The van der Waals surface area contributed by atoms with Crippen molar-refractivity contribution < 1.29 is 18.3 Å². The summed E-state index contributed by atoms with van der Waals surface area (Å²) in [5, 5.41) is 1.05. The highest BCUT2D eigenvalue weighted by atomic mass is 32.2. The minimum atomic E-state index is -0.676. The molecule has 0 aromatic heterocycles. The Balaban J connectivity index is 2.31. The number of nitrogens with zero attached hydrogens (tertiary/aromatic N) is 1. The molecule has 7 heteroatoms. The number of benzene rings is 1. The zero-order valence-corrected chi connectivity index (χ0v) is 11.6. The van der Waals surface area contributed by atoms with Gasteiger partial charge in [-0.2, -0.15) is 0 Å². The largest absolute Gasteiger partial charge is 0.383 e. The second-order valence-electron chi connectivity index (χ2n) is 4.20. The third kappa shape index (κ3) is 2.94. The molecule has 0 saturated carbocycles. The van der Waals surface area contributed by atoms with Gasteiger partial charge in [-0.3, -0.25) is 4.79 Å². The van der Waals surface area contributed by atoms with E-state index in [0.717, 1.165) is 6.07 Å². The van der Waals surface area contributed by atoms with Crippen molar-refractivity contribution in [2.45, 2.75) is 5.37 Å². The van der Waals surface area contributed by atoms with Crippen LogP contribution in [0.5, 0.6) is 0 Å². The molecule has 1 aliphatic heterocycles. The van der Waals surface area contributed by atoms with E-state index in [0.29, 0.717) is 18.8 Å². The minimum absolute atomic E-state index is 0.235. The van der Waals surface area contributed by atoms with Crippen molar-refractivity contribution in [2.24, 2.45) is 5.73 Å². The van der Waals surface area contributed by atoms with Crippen LogP contribution in [0.2, 0.25) is 0 Å². The number of methoxy groups -OCH3 is 1. The van der Waals surface area contributed by atoms with E-state index in [1.165, 1.54) is 31.0 Å². The smallest absolute Gasteiger partial charge is 0.250 e. The zero-order chi connectivity index (χ0) is 14.7. The van der Waals surface area contributed by atoms with Crippen LogP contribution in [0.3, 0.4) is 0 Å². The molecule has 1 aliphatic rings. The van der Waals surface area contributed by atoms with Gasteiger partial charge < -0.3 is 15.4 Å². The highest BCUT2D eigenvalue weighted by molar-refractivity contribution is 8.03. The molecular formula is C13H14F2N2O2S. The zero-order valence-electron chi connectivity index (χ0n) is 10.8. The Morgan fingerprint density at radius 1 is 1.50 bits per heavy atom. The molecule has 0 saturated heterocycles. The average molecular weight is 300 g/mol. The van der Waals surface area contributed by atoms with Crippen LogP contribution in [0.25, 0.3) is 5.70 Å². The van der Waals surface area contributed by atoms with Crippen LogP contribution >= 0.6 is 11.8 Å². The first-order valence-electron chi connectivity index (χ1n) is 5.90. The number of hydrogen-bond donors (Lipinski definition) is 1. The number of rotatable bonds is 5. The van der Waals surface area contributed by atoms with Gasteiger partial charge in [0.15, 0.2) is 5.37 Å².